The molecule has 2 heterocycles. The predicted molar refractivity (Wildman–Crippen MR) is 53.2 cm³/mol. The van der Waals surface area contributed by atoms with E-state index in [-0.39, 0.29) is 6.09 Å². The van der Waals surface area contributed by atoms with Gasteiger partial charge in [-0.1, -0.05) is 0 Å². The van der Waals surface area contributed by atoms with Crippen LogP contribution in [0.1, 0.15) is 19.8 Å². The average molecular weight is 198 g/mol. The molecule has 1 unspecified atom stereocenters. The molecule has 1 amide bonds. The lowest BCUT2D eigenvalue weighted by Gasteiger charge is -2.36. The smallest absolute Gasteiger partial charge is 0.409 e. The zero-order chi connectivity index (χ0) is 9.97. The minimum absolute atomic E-state index is 0.140. The Bertz CT molecular complexity index is 220. The van der Waals surface area contributed by atoms with Crippen LogP contribution in [0.2, 0.25) is 0 Å². The van der Waals surface area contributed by atoms with Gasteiger partial charge in [0.05, 0.1) is 6.61 Å². The molecule has 0 aliphatic carbocycles. The van der Waals surface area contributed by atoms with Gasteiger partial charge in [-0.2, -0.15) is 0 Å². The first-order valence-electron chi connectivity index (χ1n) is 5.47. The number of rotatable bonds is 1. The molecular formula is C10H18N2O2. The Balaban J connectivity index is 1.87. The van der Waals surface area contributed by atoms with Crippen molar-refractivity contribution in [2.75, 3.05) is 32.8 Å². The van der Waals surface area contributed by atoms with Crippen LogP contribution in [0.4, 0.5) is 4.79 Å². The number of carbonyl (C=O) groups is 1. The molecule has 80 valence electrons. The molecule has 4 heteroatoms. The van der Waals surface area contributed by atoms with Gasteiger partial charge in [-0.3, -0.25) is 4.90 Å². The Labute approximate surface area is 84.8 Å². The Morgan fingerprint density at radius 3 is 3.07 bits per heavy atom. The zero-order valence-electron chi connectivity index (χ0n) is 8.74. The third kappa shape index (κ3) is 1.85. The molecule has 2 aliphatic heterocycles. The van der Waals surface area contributed by atoms with E-state index in [1.807, 2.05) is 11.8 Å². The maximum atomic E-state index is 11.5. The van der Waals surface area contributed by atoms with Gasteiger partial charge in [0, 0.05) is 25.7 Å². The van der Waals surface area contributed by atoms with Crippen molar-refractivity contribution in [1.82, 2.24) is 9.80 Å². The summed E-state index contributed by atoms with van der Waals surface area (Å²) in [5.41, 5.74) is 0. The number of amides is 1. The zero-order valence-corrected chi connectivity index (χ0v) is 8.74. The molecule has 0 aromatic carbocycles. The summed E-state index contributed by atoms with van der Waals surface area (Å²) in [4.78, 5) is 15.8. The largest absolute Gasteiger partial charge is 0.450 e. The van der Waals surface area contributed by atoms with Crippen molar-refractivity contribution in [3.8, 4) is 0 Å². The Hall–Kier alpha value is -0.770. The summed E-state index contributed by atoms with van der Waals surface area (Å²) in [7, 11) is 0. The maximum Gasteiger partial charge on any atom is 0.409 e. The van der Waals surface area contributed by atoms with Crippen molar-refractivity contribution in [2.24, 2.45) is 0 Å². The van der Waals surface area contributed by atoms with Crippen LogP contribution in [-0.4, -0.2) is 54.7 Å². The summed E-state index contributed by atoms with van der Waals surface area (Å²) in [5.74, 6) is 0. The van der Waals surface area contributed by atoms with Crippen molar-refractivity contribution in [2.45, 2.75) is 25.8 Å². The van der Waals surface area contributed by atoms with E-state index in [0.717, 1.165) is 19.6 Å². The summed E-state index contributed by atoms with van der Waals surface area (Å²) in [6.07, 6.45) is 2.37. The second-order valence-corrected chi connectivity index (χ2v) is 3.98. The molecule has 2 saturated heterocycles. The van der Waals surface area contributed by atoms with Gasteiger partial charge in [0.25, 0.3) is 0 Å². The van der Waals surface area contributed by atoms with Gasteiger partial charge in [0.15, 0.2) is 0 Å². The fourth-order valence-electron chi connectivity index (χ4n) is 2.37. The molecule has 0 aromatic rings. The van der Waals surface area contributed by atoms with Crippen LogP contribution >= 0.6 is 0 Å². The number of fused-ring (bicyclic) bond motifs is 1. The van der Waals surface area contributed by atoms with E-state index < -0.39 is 0 Å². The van der Waals surface area contributed by atoms with Gasteiger partial charge in [0.1, 0.15) is 0 Å². The molecule has 2 fully saturated rings. The number of ether oxygens (including phenoxy) is 1. The first-order chi connectivity index (χ1) is 6.81. The van der Waals surface area contributed by atoms with E-state index in [1.165, 1.54) is 19.4 Å². The SMILES string of the molecule is CCOC(=O)N1CCN2CCCC2C1. The Morgan fingerprint density at radius 2 is 2.29 bits per heavy atom. The lowest BCUT2D eigenvalue weighted by Crippen LogP contribution is -2.52. The van der Waals surface area contributed by atoms with Crippen LogP contribution in [0.5, 0.6) is 0 Å². The summed E-state index contributed by atoms with van der Waals surface area (Å²) in [5, 5.41) is 0. The number of hydrogen-bond donors (Lipinski definition) is 0. The molecule has 2 aliphatic rings. The standard InChI is InChI=1S/C10H18N2O2/c1-2-14-10(13)12-7-6-11-5-3-4-9(11)8-12/h9H,2-8H2,1H3. The molecule has 4 nitrogen and oxygen atoms in total. The van der Waals surface area contributed by atoms with E-state index in [0.29, 0.717) is 12.6 Å². The average Bonchev–Trinajstić information content (AvgIpc) is 2.64. The van der Waals surface area contributed by atoms with E-state index in [1.54, 1.807) is 0 Å². The molecule has 0 spiro atoms. The molecule has 0 aromatic heterocycles. The van der Waals surface area contributed by atoms with Crippen LogP contribution < -0.4 is 0 Å². The number of piperazine rings is 1. The fraction of sp³-hybridized carbons (Fsp3) is 0.900. The number of carbonyl (C=O) groups excluding carboxylic acids is 1. The highest BCUT2D eigenvalue weighted by atomic mass is 16.6. The highest BCUT2D eigenvalue weighted by Gasteiger charge is 2.32. The maximum absolute atomic E-state index is 11.5. The molecule has 0 saturated carbocycles. The molecule has 0 radical (unpaired) electrons. The van der Waals surface area contributed by atoms with Crippen LogP contribution in [0.3, 0.4) is 0 Å². The number of nitrogens with zero attached hydrogens (tertiary/aromatic N) is 2. The third-order valence-electron chi connectivity index (χ3n) is 3.11. The molecule has 1 atom stereocenters. The quantitative estimate of drug-likeness (QED) is 0.628. The summed E-state index contributed by atoms with van der Waals surface area (Å²) < 4.78 is 5.00. The van der Waals surface area contributed by atoms with Crippen LogP contribution in [0.25, 0.3) is 0 Å². The highest BCUT2D eigenvalue weighted by molar-refractivity contribution is 5.67. The first-order valence-corrected chi connectivity index (χ1v) is 5.47. The molecule has 0 bridgehead atoms. The molecular weight excluding hydrogens is 180 g/mol. The summed E-state index contributed by atoms with van der Waals surface area (Å²) >= 11 is 0. The van der Waals surface area contributed by atoms with Gasteiger partial charge in [0.2, 0.25) is 0 Å². The van der Waals surface area contributed by atoms with Gasteiger partial charge < -0.3 is 9.64 Å². The van der Waals surface area contributed by atoms with Gasteiger partial charge >= 0.3 is 6.09 Å². The summed E-state index contributed by atoms with van der Waals surface area (Å²) in [6, 6.07) is 0.591. The second kappa shape index (κ2) is 4.17. The minimum Gasteiger partial charge on any atom is -0.450 e. The van der Waals surface area contributed by atoms with Crippen LogP contribution in [0, 0.1) is 0 Å². The lowest BCUT2D eigenvalue weighted by molar-refractivity contribution is 0.0673. The van der Waals surface area contributed by atoms with Crippen molar-refractivity contribution >= 4 is 6.09 Å². The predicted octanol–water partition coefficient (Wildman–Crippen LogP) is 0.923. The monoisotopic (exact) mass is 198 g/mol. The van der Waals surface area contributed by atoms with Gasteiger partial charge in [-0.25, -0.2) is 4.79 Å². The Morgan fingerprint density at radius 1 is 1.43 bits per heavy atom. The first kappa shape index (κ1) is 9.77. The molecule has 2 rings (SSSR count). The third-order valence-corrected chi connectivity index (χ3v) is 3.11. The highest BCUT2D eigenvalue weighted by Crippen LogP contribution is 2.21. The normalized spacial score (nSPS) is 27.5. The van der Waals surface area contributed by atoms with Crippen molar-refractivity contribution in [1.29, 1.82) is 0 Å². The van der Waals surface area contributed by atoms with E-state index in [2.05, 4.69) is 4.90 Å². The second-order valence-electron chi connectivity index (χ2n) is 3.98. The van der Waals surface area contributed by atoms with Gasteiger partial charge in [-0.05, 0) is 26.3 Å². The van der Waals surface area contributed by atoms with Crippen LogP contribution in [-0.2, 0) is 4.74 Å². The van der Waals surface area contributed by atoms with Gasteiger partial charge in [-0.15, -0.1) is 0 Å². The summed E-state index contributed by atoms with van der Waals surface area (Å²) in [6.45, 7) is 6.24. The van der Waals surface area contributed by atoms with E-state index in [4.69, 9.17) is 4.74 Å². The topological polar surface area (TPSA) is 32.8 Å². The minimum atomic E-state index is -0.140. The number of hydrogen-bond acceptors (Lipinski definition) is 3. The van der Waals surface area contributed by atoms with E-state index >= 15 is 0 Å². The lowest BCUT2D eigenvalue weighted by atomic mass is 10.2. The van der Waals surface area contributed by atoms with Crippen molar-refractivity contribution < 1.29 is 9.53 Å². The van der Waals surface area contributed by atoms with E-state index in [9.17, 15) is 4.79 Å². The Kier molecular flexibility index (Phi) is 2.91. The van der Waals surface area contributed by atoms with Crippen LogP contribution in [0.15, 0.2) is 0 Å². The molecule has 14 heavy (non-hydrogen) atoms. The van der Waals surface area contributed by atoms with Crippen molar-refractivity contribution in [3.05, 3.63) is 0 Å². The van der Waals surface area contributed by atoms with Crippen molar-refractivity contribution in [3.63, 3.8) is 0 Å². The fourth-order valence-corrected chi connectivity index (χ4v) is 2.37. The molecule has 0 N–H and O–H groups in total.